The normalized spacial score (nSPS) is 14.5. The number of anilines is 1. The zero-order chi connectivity index (χ0) is 23.3. The number of fused-ring (bicyclic) bond motifs is 1. The van der Waals surface area contributed by atoms with Gasteiger partial charge in [0.1, 0.15) is 5.66 Å². The van der Waals surface area contributed by atoms with Gasteiger partial charge in [-0.05, 0) is 44.4 Å². The van der Waals surface area contributed by atoms with E-state index in [0.29, 0.717) is 42.3 Å². The summed E-state index contributed by atoms with van der Waals surface area (Å²) in [4.78, 5) is 25.6. The van der Waals surface area contributed by atoms with Gasteiger partial charge in [-0.1, -0.05) is 31.9 Å². The Morgan fingerprint density at radius 3 is 2.47 bits per heavy atom. The highest BCUT2D eigenvalue weighted by molar-refractivity contribution is 6.04. The molecule has 0 saturated carbocycles. The van der Waals surface area contributed by atoms with Crippen molar-refractivity contribution in [2.75, 3.05) is 25.6 Å². The third kappa shape index (κ3) is 4.95. The van der Waals surface area contributed by atoms with Gasteiger partial charge in [0, 0.05) is 18.7 Å². The van der Waals surface area contributed by atoms with E-state index < -0.39 is 10.6 Å². The quantitative estimate of drug-likeness (QED) is 0.316. The molecular formula is C24H31N3O5. The first-order valence-electron chi connectivity index (χ1n) is 11.0. The molecule has 32 heavy (non-hydrogen) atoms. The van der Waals surface area contributed by atoms with Crippen LogP contribution in [0.3, 0.4) is 0 Å². The molecule has 0 radical (unpaired) electrons. The molecule has 0 unspecified atom stereocenters. The van der Waals surface area contributed by atoms with Gasteiger partial charge in [0.15, 0.2) is 11.5 Å². The number of hydrogen-bond acceptors (Lipinski definition) is 6. The average Bonchev–Trinajstić information content (AvgIpc) is 2.76. The van der Waals surface area contributed by atoms with E-state index in [-0.39, 0.29) is 11.6 Å². The van der Waals surface area contributed by atoms with Crippen molar-refractivity contribution in [3.05, 3.63) is 57.6 Å². The molecule has 0 atom stereocenters. The standard InChI is InChI=1S/C24H31N3O5/c1-5-6-7-16-32-22-20(31-4)13-12-19-21(22)25-24(2,3)26(23(19)28)15-14-17-8-10-18(11-9-17)27(29)30/h8-13,25H,5-7,14-16H2,1-4H3. The lowest BCUT2D eigenvalue weighted by molar-refractivity contribution is -0.384. The van der Waals surface area contributed by atoms with Gasteiger partial charge in [-0.15, -0.1) is 0 Å². The minimum atomic E-state index is -0.654. The third-order valence-electron chi connectivity index (χ3n) is 5.69. The number of nitrogens with one attached hydrogen (secondary N) is 1. The van der Waals surface area contributed by atoms with Crippen LogP contribution in [-0.4, -0.2) is 41.7 Å². The number of carbonyl (C=O) groups excluding carboxylic acids is 1. The van der Waals surface area contributed by atoms with Gasteiger partial charge in [0.2, 0.25) is 0 Å². The van der Waals surface area contributed by atoms with E-state index in [1.165, 1.54) is 12.1 Å². The maximum absolute atomic E-state index is 13.4. The van der Waals surface area contributed by atoms with E-state index in [2.05, 4.69) is 12.2 Å². The average molecular weight is 442 g/mol. The van der Waals surface area contributed by atoms with Crippen LogP contribution in [0.15, 0.2) is 36.4 Å². The zero-order valence-corrected chi connectivity index (χ0v) is 19.1. The molecular weight excluding hydrogens is 410 g/mol. The lowest BCUT2D eigenvalue weighted by Crippen LogP contribution is -2.56. The smallest absolute Gasteiger partial charge is 0.269 e. The topological polar surface area (TPSA) is 93.9 Å². The van der Waals surface area contributed by atoms with Gasteiger partial charge in [0.25, 0.3) is 11.6 Å². The number of amides is 1. The van der Waals surface area contributed by atoms with Crippen LogP contribution in [-0.2, 0) is 6.42 Å². The molecule has 1 N–H and O–H groups in total. The summed E-state index contributed by atoms with van der Waals surface area (Å²) < 4.78 is 11.5. The Labute approximate surface area is 188 Å². The number of nitro groups is 1. The Hall–Kier alpha value is -3.29. The van der Waals surface area contributed by atoms with Crippen LogP contribution < -0.4 is 14.8 Å². The zero-order valence-electron chi connectivity index (χ0n) is 19.1. The van der Waals surface area contributed by atoms with Crippen molar-refractivity contribution < 1.29 is 19.2 Å². The number of benzene rings is 2. The van der Waals surface area contributed by atoms with Crippen LogP contribution in [0.4, 0.5) is 11.4 Å². The Morgan fingerprint density at radius 1 is 1.12 bits per heavy atom. The molecule has 1 aliphatic heterocycles. The van der Waals surface area contributed by atoms with Crippen molar-refractivity contribution >= 4 is 17.3 Å². The molecule has 0 spiro atoms. The lowest BCUT2D eigenvalue weighted by Gasteiger charge is -2.44. The number of methoxy groups -OCH3 is 1. The highest BCUT2D eigenvalue weighted by Gasteiger charge is 2.39. The summed E-state index contributed by atoms with van der Waals surface area (Å²) >= 11 is 0. The predicted octanol–water partition coefficient (Wildman–Crippen LogP) is 5.02. The SMILES string of the molecule is CCCCCOc1c(OC)ccc2c1NC(C)(C)N(CCc1ccc([N+](=O)[O-])cc1)C2=O. The largest absolute Gasteiger partial charge is 0.493 e. The number of nitrogens with zero attached hydrogens (tertiary/aromatic N) is 2. The number of unbranched alkanes of at least 4 members (excludes halogenated alkanes) is 2. The van der Waals surface area contributed by atoms with Crippen molar-refractivity contribution in [2.45, 2.75) is 52.1 Å². The molecule has 1 heterocycles. The minimum absolute atomic E-state index is 0.0548. The second kappa shape index (κ2) is 9.89. The van der Waals surface area contributed by atoms with Crippen LogP contribution in [0.2, 0.25) is 0 Å². The Bertz CT molecular complexity index is 972. The monoisotopic (exact) mass is 441 g/mol. The Morgan fingerprint density at radius 2 is 1.84 bits per heavy atom. The Kier molecular flexibility index (Phi) is 7.22. The fourth-order valence-electron chi connectivity index (χ4n) is 3.88. The van der Waals surface area contributed by atoms with Gasteiger partial charge in [-0.2, -0.15) is 0 Å². The highest BCUT2D eigenvalue weighted by atomic mass is 16.6. The first kappa shape index (κ1) is 23.4. The van der Waals surface area contributed by atoms with Gasteiger partial charge >= 0.3 is 0 Å². The summed E-state index contributed by atoms with van der Waals surface area (Å²) in [5.41, 5.74) is 1.53. The second-order valence-corrected chi connectivity index (χ2v) is 8.39. The number of rotatable bonds is 10. The van der Waals surface area contributed by atoms with Crippen molar-refractivity contribution in [3.63, 3.8) is 0 Å². The molecule has 0 aromatic heterocycles. The van der Waals surface area contributed by atoms with Crippen molar-refractivity contribution in [1.82, 2.24) is 4.90 Å². The summed E-state index contributed by atoms with van der Waals surface area (Å²) in [5.74, 6) is 1.07. The van der Waals surface area contributed by atoms with Crippen LogP contribution in [0, 0.1) is 10.1 Å². The maximum atomic E-state index is 13.4. The molecule has 3 rings (SSSR count). The van der Waals surface area contributed by atoms with Crippen molar-refractivity contribution in [3.8, 4) is 11.5 Å². The van der Waals surface area contributed by atoms with Gasteiger partial charge in [-0.3, -0.25) is 14.9 Å². The van der Waals surface area contributed by atoms with E-state index in [4.69, 9.17) is 9.47 Å². The second-order valence-electron chi connectivity index (χ2n) is 8.39. The lowest BCUT2D eigenvalue weighted by atomic mass is 9.99. The number of ether oxygens (including phenoxy) is 2. The maximum Gasteiger partial charge on any atom is 0.269 e. The van der Waals surface area contributed by atoms with Crippen molar-refractivity contribution in [2.24, 2.45) is 0 Å². The molecule has 172 valence electrons. The van der Waals surface area contributed by atoms with Crippen LogP contribution in [0.5, 0.6) is 11.5 Å². The molecule has 2 aromatic rings. The summed E-state index contributed by atoms with van der Waals surface area (Å²) in [5, 5.41) is 14.3. The molecule has 1 aliphatic rings. The summed E-state index contributed by atoms with van der Waals surface area (Å²) in [7, 11) is 1.59. The highest BCUT2D eigenvalue weighted by Crippen LogP contribution is 2.43. The molecule has 1 amide bonds. The molecule has 0 fully saturated rings. The molecule has 8 heteroatoms. The van der Waals surface area contributed by atoms with Crippen molar-refractivity contribution in [1.29, 1.82) is 0 Å². The summed E-state index contributed by atoms with van der Waals surface area (Å²) in [6.07, 6.45) is 3.69. The predicted molar refractivity (Wildman–Crippen MR) is 124 cm³/mol. The number of nitro benzene ring substituents is 1. The third-order valence-corrected chi connectivity index (χ3v) is 5.69. The van der Waals surface area contributed by atoms with Gasteiger partial charge < -0.3 is 19.7 Å². The van der Waals surface area contributed by atoms with E-state index in [9.17, 15) is 14.9 Å². The summed E-state index contributed by atoms with van der Waals surface area (Å²) in [6, 6.07) is 9.96. The van der Waals surface area contributed by atoms with Crippen LogP contribution in [0.25, 0.3) is 0 Å². The molecule has 0 saturated heterocycles. The van der Waals surface area contributed by atoms with Gasteiger partial charge in [0.05, 0.1) is 29.9 Å². The fraction of sp³-hybridized carbons (Fsp3) is 0.458. The molecule has 8 nitrogen and oxygen atoms in total. The number of non-ortho nitro benzene ring substituents is 1. The number of carbonyl (C=O) groups is 1. The van der Waals surface area contributed by atoms with E-state index >= 15 is 0 Å². The minimum Gasteiger partial charge on any atom is -0.493 e. The van der Waals surface area contributed by atoms with Crippen LogP contribution >= 0.6 is 0 Å². The molecule has 0 bridgehead atoms. The van der Waals surface area contributed by atoms with Gasteiger partial charge in [-0.25, -0.2) is 0 Å². The number of hydrogen-bond donors (Lipinski definition) is 1. The summed E-state index contributed by atoms with van der Waals surface area (Å²) in [6.45, 7) is 7.06. The van der Waals surface area contributed by atoms with E-state index in [1.54, 1.807) is 36.3 Å². The Balaban J connectivity index is 1.81. The fourth-order valence-corrected chi connectivity index (χ4v) is 3.88. The van der Waals surface area contributed by atoms with E-state index in [1.807, 2.05) is 13.8 Å². The first-order chi connectivity index (χ1) is 15.3. The van der Waals surface area contributed by atoms with E-state index in [0.717, 1.165) is 24.8 Å². The molecule has 2 aromatic carbocycles. The first-order valence-corrected chi connectivity index (χ1v) is 11.0. The molecule has 0 aliphatic carbocycles. The van der Waals surface area contributed by atoms with Crippen LogP contribution in [0.1, 0.15) is 56.0 Å².